The molecule has 0 atom stereocenters. The van der Waals surface area contributed by atoms with Crippen LogP contribution in [0.1, 0.15) is 53.9 Å². The third-order valence-corrected chi connectivity index (χ3v) is 7.35. The molecule has 2 heterocycles. The zero-order valence-corrected chi connectivity index (χ0v) is 20.6. The molecule has 4 rings (SSSR count). The molecule has 34 heavy (non-hydrogen) atoms. The number of nitrogens with two attached hydrogens (primary N) is 1. The van der Waals surface area contributed by atoms with Gasteiger partial charge in [0.15, 0.2) is 5.69 Å². The van der Waals surface area contributed by atoms with Crippen molar-refractivity contribution < 1.29 is 9.53 Å². The van der Waals surface area contributed by atoms with Gasteiger partial charge in [0.1, 0.15) is 11.6 Å². The number of methoxy groups -OCH3 is 1. The smallest absolute Gasteiger partial charge is 0.330 e. The lowest BCUT2D eigenvalue weighted by molar-refractivity contribution is 0.0990. The maximum atomic E-state index is 13.7. The number of nitrogen functional groups attached to an aromatic ring is 1. The van der Waals surface area contributed by atoms with E-state index in [0.29, 0.717) is 24.4 Å². The maximum absolute atomic E-state index is 13.7. The van der Waals surface area contributed by atoms with E-state index in [1.807, 2.05) is 38.1 Å². The second-order valence-corrected chi connectivity index (χ2v) is 9.50. The number of H-pyrrole nitrogens is 1. The SMILES string of the molecule is CCCCn1c(N)c(N(CCC)C(=O)c2cc3c(s2)-c2ccc(OC)cc2CC3)c(=O)[nH]c1=O. The molecule has 1 aromatic carbocycles. The van der Waals surface area contributed by atoms with Crippen LogP contribution in [0.2, 0.25) is 0 Å². The second-order valence-electron chi connectivity index (χ2n) is 8.44. The Hall–Kier alpha value is -3.33. The number of nitrogens with one attached hydrogen (secondary N) is 1. The molecule has 1 amide bonds. The molecular formula is C25H30N4O4S. The first-order valence-electron chi connectivity index (χ1n) is 11.6. The van der Waals surface area contributed by atoms with Crippen LogP contribution in [-0.4, -0.2) is 29.1 Å². The summed E-state index contributed by atoms with van der Waals surface area (Å²) in [6, 6.07) is 7.93. The van der Waals surface area contributed by atoms with Crippen LogP contribution in [-0.2, 0) is 19.4 Å². The van der Waals surface area contributed by atoms with Crippen molar-refractivity contribution in [2.24, 2.45) is 0 Å². The number of benzene rings is 1. The van der Waals surface area contributed by atoms with Crippen molar-refractivity contribution in [1.29, 1.82) is 0 Å². The summed E-state index contributed by atoms with van der Waals surface area (Å²) in [5.41, 5.74) is 8.57. The van der Waals surface area contributed by atoms with Gasteiger partial charge in [-0.25, -0.2) is 4.79 Å². The minimum atomic E-state index is -0.643. The fourth-order valence-corrected chi connectivity index (χ4v) is 5.61. The molecule has 0 radical (unpaired) electrons. The number of rotatable bonds is 8. The van der Waals surface area contributed by atoms with Crippen LogP contribution in [0, 0.1) is 0 Å². The van der Waals surface area contributed by atoms with Crippen LogP contribution in [0.4, 0.5) is 11.5 Å². The highest BCUT2D eigenvalue weighted by Crippen LogP contribution is 2.41. The van der Waals surface area contributed by atoms with E-state index >= 15 is 0 Å². The highest BCUT2D eigenvalue weighted by atomic mass is 32.1. The summed E-state index contributed by atoms with van der Waals surface area (Å²) in [6.07, 6.45) is 3.94. The minimum absolute atomic E-state index is 0.0303. The standard InChI is InChI=1S/C25H30N4O4S/c1-4-6-12-29-22(26)20(23(30)27-25(29)32)28(11-5-2)24(31)19-14-16-8-7-15-13-17(33-3)9-10-18(15)21(16)34-19/h9-10,13-14H,4-8,11-12,26H2,1-3H3,(H,27,30,32). The van der Waals surface area contributed by atoms with Crippen molar-refractivity contribution in [3.05, 3.63) is 61.1 Å². The van der Waals surface area contributed by atoms with Gasteiger partial charge >= 0.3 is 5.69 Å². The van der Waals surface area contributed by atoms with E-state index in [9.17, 15) is 14.4 Å². The molecule has 3 aromatic rings. The first-order valence-corrected chi connectivity index (χ1v) is 12.5. The number of carbonyl (C=O) groups is 1. The highest BCUT2D eigenvalue weighted by Gasteiger charge is 2.28. The molecule has 180 valence electrons. The number of aromatic nitrogens is 2. The minimum Gasteiger partial charge on any atom is -0.497 e. The number of ether oxygens (including phenoxy) is 1. The predicted octanol–water partition coefficient (Wildman–Crippen LogP) is 3.81. The van der Waals surface area contributed by atoms with Crippen LogP contribution in [0.25, 0.3) is 10.4 Å². The Morgan fingerprint density at radius 3 is 2.65 bits per heavy atom. The Bertz CT molecular complexity index is 1340. The Balaban J connectivity index is 1.76. The Morgan fingerprint density at radius 1 is 1.18 bits per heavy atom. The van der Waals surface area contributed by atoms with E-state index in [-0.39, 0.29) is 17.4 Å². The number of aryl methyl sites for hydroxylation is 2. The lowest BCUT2D eigenvalue weighted by atomic mass is 9.91. The average molecular weight is 483 g/mol. The fourth-order valence-electron chi connectivity index (χ4n) is 4.39. The van der Waals surface area contributed by atoms with Crippen molar-refractivity contribution in [3.63, 3.8) is 0 Å². The summed E-state index contributed by atoms with van der Waals surface area (Å²) in [5.74, 6) is 0.564. The van der Waals surface area contributed by atoms with Gasteiger partial charge in [-0.2, -0.15) is 0 Å². The number of anilines is 2. The van der Waals surface area contributed by atoms with E-state index in [2.05, 4.69) is 4.98 Å². The predicted molar refractivity (Wildman–Crippen MR) is 136 cm³/mol. The zero-order chi connectivity index (χ0) is 24.4. The number of hydrogen-bond acceptors (Lipinski definition) is 6. The Kier molecular flexibility index (Phi) is 6.92. The number of unbranched alkanes of at least 4 members (excludes halogenated alkanes) is 1. The lowest BCUT2D eigenvalue weighted by Crippen LogP contribution is -2.41. The topological polar surface area (TPSA) is 110 Å². The van der Waals surface area contributed by atoms with Crippen molar-refractivity contribution in [2.45, 2.75) is 52.5 Å². The van der Waals surface area contributed by atoms with Gasteiger partial charge in [-0.05, 0) is 66.6 Å². The van der Waals surface area contributed by atoms with Gasteiger partial charge in [0.25, 0.3) is 11.5 Å². The van der Waals surface area contributed by atoms with Gasteiger partial charge in [0.2, 0.25) is 0 Å². The molecule has 8 nitrogen and oxygen atoms in total. The number of thiophene rings is 1. The molecule has 0 spiro atoms. The molecule has 9 heteroatoms. The van der Waals surface area contributed by atoms with Gasteiger partial charge in [-0.15, -0.1) is 11.3 Å². The van der Waals surface area contributed by atoms with Crippen LogP contribution < -0.4 is 26.6 Å². The summed E-state index contributed by atoms with van der Waals surface area (Å²) in [4.78, 5) is 44.2. The summed E-state index contributed by atoms with van der Waals surface area (Å²) < 4.78 is 6.70. The molecule has 0 unspecified atom stereocenters. The van der Waals surface area contributed by atoms with E-state index in [4.69, 9.17) is 10.5 Å². The normalized spacial score (nSPS) is 12.2. The van der Waals surface area contributed by atoms with Gasteiger partial charge in [0, 0.05) is 18.0 Å². The van der Waals surface area contributed by atoms with E-state index in [1.54, 1.807) is 7.11 Å². The third-order valence-electron chi connectivity index (χ3n) is 6.15. The average Bonchev–Trinajstić information content (AvgIpc) is 3.27. The Morgan fingerprint density at radius 2 is 1.94 bits per heavy atom. The lowest BCUT2D eigenvalue weighted by Gasteiger charge is -2.23. The molecule has 1 aliphatic rings. The maximum Gasteiger partial charge on any atom is 0.330 e. The molecule has 0 saturated carbocycles. The Labute approximate surface area is 202 Å². The molecule has 2 aromatic heterocycles. The molecule has 3 N–H and O–H groups in total. The highest BCUT2D eigenvalue weighted by molar-refractivity contribution is 7.17. The molecule has 0 saturated heterocycles. The van der Waals surface area contributed by atoms with Gasteiger partial charge in [-0.3, -0.25) is 24.0 Å². The van der Waals surface area contributed by atoms with Crippen LogP contribution in [0.15, 0.2) is 33.9 Å². The van der Waals surface area contributed by atoms with Crippen LogP contribution >= 0.6 is 11.3 Å². The number of nitrogens with zero attached hydrogens (tertiary/aromatic N) is 2. The fraction of sp³-hybridized carbons (Fsp3) is 0.400. The van der Waals surface area contributed by atoms with Crippen LogP contribution in [0.3, 0.4) is 0 Å². The summed E-state index contributed by atoms with van der Waals surface area (Å²) in [6.45, 7) is 4.63. The molecular weight excluding hydrogens is 452 g/mol. The van der Waals surface area contributed by atoms with E-state index < -0.39 is 11.2 Å². The third kappa shape index (κ3) is 4.27. The van der Waals surface area contributed by atoms with E-state index in [1.165, 1.54) is 26.4 Å². The zero-order valence-electron chi connectivity index (χ0n) is 19.8. The first-order chi connectivity index (χ1) is 16.4. The summed E-state index contributed by atoms with van der Waals surface area (Å²) in [7, 11) is 1.65. The van der Waals surface area contributed by atoms with Crippen LogP contribution in [0.5, 0.6) is 5.75 Å². The van der Waals surface area contributed by atoms with Crippen molar-refractivity contribution in [1.82, 2.24) is 9.55 Å². The van der Waals surface area contributed by atoms with Gasteiger partial charge in [0.05, 0.1) is 12.0 Å². The second kappa shape index (κ2) is 9.89. The summed E-state index contributed by atoms with van der Waals surface area (Å²) >= 11 is 1.43. The molecule has 1 aliphatic carbocycles. The number of amides is 1. The molecule has 0 bridgehead atoms. The van der Waals surface area contributed by atoms with Gasteiger partial charge < -0.3 is 10.5 Å². The van der Waals surface area contributed by atoms with E-state index in [0.717, 1.165) is 47.4 Å². The molecule has 0 fully saturated rings. The van der Waals surface area contributed by atoms with Gasteiger partial charge in [-0.1, -0.05) is 20.3 Å². The number of aromatic amines is 1. The number of carbonyl (C=O) groups excluding carboxylic acids is 1. The van der Waals surface area contributed by atoms with Crippen molar-refractivity contribution >= 4 is 28.7 Å². The first kappa shape index (κ1) is 23.8. The van der Waals surface area contributed by atoms with Crippen molar-refractivity contribution in [3.8, 4) is 16.2 Å². The van der Waals surface area contributed by atoms with Crippen molar-refractivity contribution in [2.75, 3.05) is 24.3 Å². The number of fused-ring (bicyclic) bond motifs is 3. The monoisotopic (exact) mass is 482 g/mol. The molecule has 0 aliphatic heterocycles. The largest absolute Gasteiger partial charge is 0.497 e. The quantitative estimate of drug-likeness (QED) is 0.507. The number of hydrogen-bond donors (Lipinski definition) is 2. The summed E-state index contributed by atoms with van der Waals surface area (Å²) in [5, 5.41) is 0.